The van der Waals surface area contributed by atoms with Gasteiger partial charge in [-0.15, -0.1) is 0 Å². The highest BCUT2D eigenvalue weighted by Gasteiger charge is 2.24. The van der Waals surface area contributed by atoms with Crippen LogP contribution in [-0.2, 0) is 0 Å². The van der Waals surface area contributed by atoms with Gasteiger partial charge in [0.1, 0.15) is 0 Å². The molecule has 0 spiro atoms. The lowest BCUT2D eigenvalue weighted by atomic mass is 10.1. The minimum atomic E-state index is 0.0709. The number of benzene rings is 1. The van der Waals surface area contributed by atoms with Crippen LogP contribution in [0.4, 0.5) is 5.69 Å². The lowest BCUT2D eigenvalue weighted by Gasteiger charge is -2.22. The summed E-state index contributed by atoms with van der Waals surface area (Å²) in [5.41, 5.74) is 8.39. The fourth-order valence-corrected chi connectivity index (χ4v) is 3.21. The molecule has 1 aromatic rings. The van der Waals surface area contributed by atoms with Crippen LogP contribution in [0, 0.1) is 0 Å². The molecule has 0 radical (unpaired) electrons. The fraction of sp³-hybridized carbons (Fsp3) is 0.571. The van der Waals surface area contributed by atoms with Crippen molar-refractivity contribution in [1.82, 2.24) is 4.90 Å². The summed E-state index contributed by atoms with van der Waals surface area (Å²) in [5.74, 6) is 0. The van der Waals surface area contributed by atoms with Crippen molar-refractivity contribution in [1.29, 1.82) is 0 Å². The van der Waals surface area contributed by atoms with Gasteiger partial charge in [-0.25, -0.2) is 0 Å². The van der Waals surface area contributed by atoms with E-state index in [1.807, 2.05) is 6.92 Å². The van der Waals surface area contributed by atoms with E-state index in [1.165, 1.54) is 17.7 Å². The molecule has 0 aromatic heterocycles. The first-order valence-corrected chi connectivity index (χ1v) is 7.24. The van der Waals surface area contributed by atoms with Crippen molar-refractivity contribution in [3.63, 3.8) is 0 Å². The van der Waals surface area contributed by atoms with Crippen LogP contribution in [0.2, 0.25) is 0 Å². The Bertz CT molecular complexity index is 418. The van der Waals surface area contributed by atoms with Crippen molar-refractivity contribution in [3.05, 3.63) is 28.2 Å². The molecule has 1 heterocycles. The quantitative estimate of drug-likeness (QED) is 0.931. The smallest absolute Gasteiger partial charge is 0.0378 e. The largest absolute Gasteiger partial charge is 0.370 e. The molecular formula is C14H22BrN3. The Balaban J connectivity index is 2.13. The normalized spacial score (nSPS) is 21.7. The third-order valence-electron chi connectivity index (χ3n) is 3.73. The van der Waals surface area contributed by atoms with Crippen LogP contribution >= 0.6 is 15.9 Å². The molecule has 2 atom stereocenters. The molecule has 1 saturated heterocycles. The van der Waals surface area contributed by atoms with Gasteiger partial charge in [0.25, 0.3) is 0 Å². The van der Waals surface area contributed by atoms with E-state index in [0.717, 1.165) is 17.6 Å². The second kappa shape index (κ2) is 5.59. The molecular weight excluding hydrogens is 290 g/mol. The monoisotopic (exact) mass is 311 g/mol. The molecule has 2 unspecified atom stereocenters. The van der Waals surface area contributed by atoms with Crippen LogP contribution in [0.15, 0.2) is 22.7 Å². The van der Waals surface area contributed by atoms with E-state index in [4.69, 9.17) is 5.73 Å². The summed E-state index contributed by atoms with van der Waals surface area (Å²) in [6.45, 7) is 4.25. The van der Waals surface area contributed by atoms with Crippen LogP contribution in [0.5, 0.6) is 0 Å². The topological polar surface area (TPSA) is 32.5 Å². The van der Waals surface area contributed by atoms with Crippen LogP contribution in [-0.4, -0.2) is 38.1 Å². The lowest BCUT2D eigenvalue weighted by molar-refractivity contribution is 0.315. The fourth-order valence-electron chi connectivity index (χ4n) is 2.48. The van der Waals surface area contributed by atoms with Gasteiger partial charge < -0.3 is 15.5 Å². The van der Waals surface area contributed by atoms with E-state index in [1.54, 1.807) is 0 Å². The molecule has 2 N–H and O–H groups in total. The minimum Gasteiger partial charge on any atom is -0.370 e. The Kier molecular flexibility index (Phi) is 4.30. The maximum absolute atomic E-state index is 5.93. The van der Waals surface area contributed by atoms with Gasteiger partial charge in [0.05, 0.1) is 0 Å². The van der Waals surface area contributed by atoms with Gasteiger partial charge in [-0.1, -0.05) is 22.0 Å². The molecule has 2 rings (SSSR count). The standard InChI is InChI=1S/C14H22BrN3/c1-10(16)13-5-4-11(8-14(13)15)18-7-6-12(9-18)17(2)3/h4-5,8,10,12H,6-7,9,16H2,1-3H3. The SMILES string of the molecule is CC(N)c1ccc(N2CCC(N(C)C)C2)cc1Br. The summed E-state index contributed by atoms with van der Waals surface area (Å²) in [7, 11) is 4.31. The van der Waals surface area contributed by atoms with Crippen molar-refractivity contribution < 1.29 is 0 Å². The Morgan fingerprint density at radius 2 is 2.17 bits per heavy atom. The second-order valence-electron chi connectivity index (χ2n) is 5.35. The predicted molar refractivity (Wildman–Crippen MR) is 81.0 cm³/mol. The number of halogens is 1. The summed E-state index contributed by atoms with van der Waals surface area (Å²) < 4.78 is 1.11. The molecule has 3 nitrogen and oxygen atoms in total. The molecule has 1 fully saturated rings. The van der Waals surface area contributed by atoms with E-state index in [2.05, 4.69) is 58.0 Å². The van der Waals surface area contributed by atoms with E-state index in [-0.39, 0.29) is 6.04 Å². The van der Waals surface area contributed by atoms with Crippen molar-refractivity contribution in [2.45, 2.75) is 25.4 Å². The van der Waals surface area contributed by atoms with Gasteiger partial charge in [0.15, 0.2) is 0 Å². The first-order valence-electron chi connectivity index (χ1n) is 6.45. The zero-order chi connectivity index (χ0) is 13.3. The van der Waals surface area contributed by atoms with E-state index in [0.29, 0.717) is 6.04 Å². The predicted octanol–water partition coefficient (Wildman–Crippen LogP) is 2.61. The zero-order valence-corrected chi connectivity index (χ0v) is 12.9. The van der Waals surface area contributed by atoms with Gasteiger partial charge in [0.2, 0.25) is 0 Å². The maximum Gasteiger partial charge on any atom is 0.0378 e. The Labute approximate surface area is 118 Å². The van der Waals surface area contributed by atoms with Crippen LogP contribution in [0.1, 0.15) is 24.9 Å². The summed E-state index contributed by atoms with van der Waals surface area (Å²) in [6.07, 6.45) is 1.24. The molecule has 1 aliphatic rings. The van der Waals surface area contributed by atoms with Crippen molar-refractivity contribution in [2.75, 3.05) is 32.1 Å². The minimum absolute atomic E-state index is 0.0709. The van der Waals surface area contributed by atoms with Crippen molar-refractivity contribution in [3.8, 4) is 0 Å². The van der Waals surface area contributed by atoms with Crippen molar-refractivity contribution in [2.24, 2.45) is 5.73 Å². The number of hydrogen-bond donors (Lipinski definition) is 1. The molecule has 100 valence electrons. The highest BCUT2D eigenvalue weighted by molar-refractivity contribution is 9.10. The molecule has 1 aromatic carbocycles. The van der Waals surface area contributed by atoms with Gasteiger partial charge in [-0.2, -0.15) is 0 Å². The molecule has 0 saturated carbocycles. The van der Waals surface area contributed by atoms with Crippen LogP contribution < -0.4 is 10.6 Å². The van der Waals surface area contributed by atoms with Crippen molar-refractivity contribution >= 4 is 21.6 Å². The number of nitrogens with zero attached hydrogens (tertiary/aromatic N) is 2. The third kappa shape index (κ3) is 2.87. The van der Waals surface area contributed by atoms with Crippen LogP contribution in [0.3, 0.4) is 0 Å². The summed E-state index contributed by atoms with van der Waals surface area (Å²) in [5, 5.41) is 0. The number of likely N-dealkylation sites (N-methyl/N-ethyl adjacent to an activating group) is 1. The molecule has 0 amide bonds. The Morgan fingerprint density at radius 3 is 2.67 bits per heavy atom. The molecule has 0 aliphatic carbocycles. The third-order valence-corrected chi connectivity index (χ3v) is 4.42. The lowest BCUT2D eigenvalue weighted by Crippen LogP contribution is -2.31. The Morgan fingerprint density at radius 1 is 1.44 bits per heavy atom. The Hall–Kier alpha value is -0.580. The summed E-state index contributed by atoms with van der Waals surface area (Å²) >= 11 is 3.62. The maximum atomic E-state index is 5.93. The molecule has 0 bridgehead atoms. The van der Waals surface area contributed by atoms with E-state index >= 15 is 0 Å². The zero-order valence-electron chi connectivity index (χ0n) is 11.4. The molecule has 18 heavy (non-hydrogen) atoms. The first-order chi connectivity index (χ1) is 8.49. The van der Waals surface area contributed by atoms with Gasteiger partial charge in [-0.05, 0) is 45.1 Å². The number of nitrogens with two attached hydrogens (primary N) is 1. The second-order valence-corrected chi connectivity index (χ2v) is 6.20. The number of rotatable bonds is 3. The van der Waals surface area contributed by atoms with Gasteiger partial charge in [-0.3, -0.25) is 0 Å². The van der Waals surface area contributed by atoms with Crippen LogP contribution in [0.25, 0.3) is 0 Å². The van der Waals surface area contributed by atoms with Gasteiger partial charge in [0, 0.05) is 35.3 Å². The highest BCUT2D eigenvalue weighted by Crippen LogP contribution is 2.29. The average Bonchev–Trinajstić information content (AvgIpc) is 2.77. The summed E-state index contributed by atoms with van der Waals surface area (Å²) in [6, 6.07) is 7.24. The molecule has 4 heteroatoms. The highest BCUT2D eigenvalue weighted by atomic mass is 79.9. The van der Waals surface area contributed by atoms with E-state index < -0.39 is 0 Å². The number of anilines is 1. The first kappa shape index (κ1) is 13.8. The average molecular weight is 312 g/mol. The summed E-state index contributed by atoms with van der Waals surface area (Å²) in [4.78, 5) is 4.76. The molecule has 1 aliphatic heterocycles. The van der Waals surface area contributed by atoms with Gasteiger partial charge >= 0.3 is 0 Å². The number of hydrogen-bond acceptors (Lipinski definition) is 3. The van der Waals surface area contributed by atoms with E-state index in [9.17, 15) is 0 Å².